The first-order valence-corrected chi connectivity index (χ1v) is 10.6. The fourth-order valence-electron chi connectivity index (χ4n) is 4.17. The molecule has 6 aromatic rings. The van der Waals surface area contributed by atoms with Gasteiger partial charge in [-0.05, 0) is 24.3 Å². The highest BCUT2D eigenvalue weighted by atomic mass is 79.9. The van der Waals surface area contributed by atoms with Crippen LogP contribution in [0.4, 0.5) is 0 Å². The van der Waals surface area contributed by atoms with E-state index in [0.717, 1.165) is 37.7 Å². The highest BCUT2D eigenvalue weighted by molar-refractivity contribution is 9.10. The Kier molecular flexibility index (Phi) is 3.93. The normalized spacial score (nSPS) is 11.5. The van der Waals surface area contributed by atoms with Gasteiger partial charge in [-0.15, -0.1) is 0 Å². The molecule has 0 aliphatic heterocycles. The summed E-state index contributed by atoms with van der Waals surface area (Å²) in [6, 6.07) is 33.2. The molecule has 0 saturated heterocycles. The Bertz CT molecular complexity index is 1550. The van der Waals surface area contributed by atoms with Crippen LogP contribution in [0.1, 0.15) is 0 Å². The second-order valence-electron chi connectivity index (χ2n) is 7.24. The molecule has 0 amide bonds. The van der Waals surface area contributed by atoms with Crippen LogP contribution in [0, 0.1) is 0 Å². The minimum atomic E-state index is 0.678. The average Bonchev–Trinajstić information content (AvgIpc) is 3.14. The van der Waals surface area contributed by atoms with E-state index in [-0.39, 0.29) is 0 Å². The predicted molar refractivity (Wildman–Crippen MR) is 127 cm³/mol. The lowest BCUT2D eigenvalue weighted by atomic mass is 10.1. The zero-order valence-electron chi connectivity index (χ0n) is 16.0. The van der Waals surface area contributed by atoms with Crippen molar-refractivity contribution in [2.75, 3.05) is 0 Å². The lowest BCUT2D eigenvalue weighted by Gasteiger charge is -2.11. The first-order valence-electron chi connectivity index (χ1n) is 9.81. The Morgan fingerprint density at radius 1 is 0.600 bits per heavy atom. The van der Waals surface area contributed by atoms with Crippen LogP contribution >= 0.6 is 15.9 Å². The highest BCUT2D eigenvalue weighted by Gasteiger charge is 2.17. The maximum atomic E-state index is 5.08. The molecule has 6 rings (SSSR count). The average molecular weight is 450 g/mol. The molecule has 2 aromatic heterocycles. The maximum Gasteiger partial charge on any atom is 0.235 e. The largest absolute Gasteiger partial charge is 0.278 e. The van der Waals surface area contributed by atoms with Crippen molar-refractivity contribution in [3.8, 4) is 17.2 Å². The Balaban J connectivity index is 1.77. The van der Waals surface area contributed by atoms with Gasteiger partial charge in [-0.1, -0.05) is 88.7 Å². The summed E-state index contributed by atoms with van der Waals surface area (Å²) < 4.78 is 3.23. The number of hydrogen-bond donors (Lipinski definition) is 0. The van der Waals surface area contributed by atoms with Gasteiger partial charge in [-0.3, -0.25) is 4.57 Å². The summed E-state index contributed by atoms with van der Waals surface area (Å²) in [5.41, 5.74) is 5.13. The van der Waals surface area contributed by atoms with Crippen LogP contribution in [0.3, 0.4) is 0 Å². The smallest absolute Gasteiger partial charge is 0.235 e. The van der Waals surface area contributed by atoms with Crippen LogP contribution in [-0.4, -0.2) is 14.5 Å². The first kappa shape index (κ1) is 17.4. The molecule has 0 aliphatic rings. The van der Waals surface area contributed by atoms with E-state index in [0.29, 0.717) is 5.95 Å². The molecular formula is C26H16BrN3. The van der Waals surface area contributed by atoms with Crippen molar-refractivity contribution in [1.29, 1.82) is 0 Å². The first-order chi connectivity index (χ1) is 14.8. The van der Waals surface area contributed by atoms with Crippen LogP contribution < -0.4 is 0 Å². The number of fused-ring (bicyclic) bond motifs is 4. The van der Waals surface area contributed by atoms with E-state index in [1.165, 1.54) is 10.8 Å². The van der Waals surface area contributed by atoms with Crippen molar-refractivity contribution in [3.63, 3.8) is 0 Å². The number of hydrogen-bond acceptors (Lipinski definition) is 2. The van der Waals surface area contributed by atoms with Gasteiger partial charge >= 0.3 is 0 Å². The molecule has 4 aromatic carbocycles. The monoisotopic (exact) mass is 449 g/mol. The number of para-hydroxylation sites is 2. The summed E-state index contributed by atoms with van der Waals surface area (Å²) in [7, 11) is 0. The van der Waals surface area contributed by atoms with E-state index in [1.54, 1.807) is 0 Å². The molecule has 0 radical (unpaired) electrons. The predicted octanol–water partition coefficient (Wildman–Crippen LogP) is 7.16. The zero-order chi connectivity index (χ0) is 20.1. The van der Waals surface area contributed by atoms with Gasteiger partial charge in [0.05, 0.1) is 22.2 Å². The Hall–Kier alpha value is -3.50. The molecule has 4 heteroatoms. The Morgan fingerprint density at radius 2 is 1.30 bits per heavy atom. The van der Waals surface area contributed by atoms with Crippen molar-refractivity contribution < 1.29 is 0 Å². The van der Waals surface area contributed by atoms with Crippen LogP contribution in [0.25, 0.3) is 49.9 Å². The summed E-state index contributed by atoms with van der Waals surface area (Å²) >= 11 is 3.74. The van der Waals surface area contributed by atoms with Gasteiger partial charge in [0.1, 0.15) is 0 Å². The molecule has 0 spiro atoms. The number of halogens is 1. The third kappa shape index (κ3) is 2.57. The summed E-state index contributed by atoms with van der Waals surface area (Å²) in [6.45, 7) is 0. The summed E-state index contributed by atoms with van der Waals surface area (Å²) in [5.74, 6) is 0.678. The van der Waals surface area contributed by atoms with E-state index in [4.69, 9.17) is 9.97 Å². The zero-order valence-corrected chi connectivity index (χ0v) is 17.5. The van der Waals surface area contributed by atoms with Crippen molar-refractivity contribution in [2.24, 2.45) is 0 Å². The van der Waals surface area contributed by atoms with Crippen molar-refractivity contribution in [3.05, 3.63) is 102 Å². The fourth-order valence-corrected chi connectivity index (χ4v) is 4.74. The molecule has 0 atom stereocenters. The molecule has 0 aliphatic carbocycles. The topological polar surface area (TPSA) is 30.7 Å². The maximum absolute atomic E-state index is 5.08. The number of rotatable bonds is 2. The molecule has 0 bridgehead atoms. The van der Waals surface area contributed by atoms with Gasteiger partial charge in [0, 0.05) is 26.2 Å². The molecule has 2 heterocycles. The van der Waals surface area contributed by atoms with Gasteiger partial charge < -0.3 is 0 Å². The minimum Gasteiger partial charge on any atom is -0.278 e. The van der Waals surface area contributed by atoms with Gasteiger partial charge in [0.15, 0.2) is 0 Å². The SMILES string of the molecule is Brc1cccc2c1c1ccccc1n2-c1nc(-c2ccccc2)c2ccccc2n1. The Labute approximate surface area is 181 Å². The molecule has 3 nitrogen and oxygen atoms in total. The summed E-state index contributed by atoms with van der Waals surface area (Å²) in [4.78, 5) is 10.1. The third-order valence-electron chi connectivity index (χ3n) is 5.49. The van der Waals surface area contributed by atoms with Gasteiger partial charge in [0.2, 0.25) is 5.95 Å². The summed E-state index contributed by atoms with van der Waals surface area (Å²) in [6.07, 6.45) is 0. The molecule has 0 N–H and O–H groups in total. The number of aromatic nitrogens is 3. The van der Waals surface area contributed by atoms with Crippen LogP contribution in [-0.2, 0) is 0 Å². The molecule has 0 saturated carbocycles. The second kappa shape index (κ2) is 6.78. The van der Waals surface area contributed by atoms with Crippen molar-refractivity contribution >= 4 is 48.6 Å². The van der Waals surface area contributed by atoms with Crippen LogP contribution in [0.15, 0.2) is 102 Å². The molecule has 0 unspecified atom stereocenters. The minimum absolute atomic E-state index is 0.678. The quantitative estimate of drug-likeness (QED) is 0.280. The van der Waals surface area contributed by atoms with Crippen molar-refractivity contribution in [1.82, 2.24) is 14.5 Å². The summed E-state index contributed by atoms with van der Waals surface area (Å²) in [5, 5.41) is 3.40. The van der Waals surface area contributed by atoms with E-state index in [2.05, 4.69) is 87.2 Å². The van der Waals surface area contributed by atoms with Crippen molar-refractivity contribution in [2.45, 2.75) is 0 Å². The van der Waals surface area contributed by atoms with Crippen LogP contribution in [0.2, 0.25) is 0 Å². The second-order valence-corrected chi connectivity index (χ2v) is 8.10. The van der Waals surface area contributed by atoms with E-state index >= 15 is 0 Å². The van der Waals surface area contributed by atoms with Gasteiger partial charge in [0.25, 0.3) is 0 Å². The standard InChI is InChI=1S/C26H16BrN3/c27-20-13-8-16-23-24(20)19-12-5-7-15-22(19)30(23)26-28-21-14-6-4-11-18(21)25(29-26)17-9-2-1-3-10-17/h1-16H. The van der Waals surface area contributed by atoms with E-state index in [1.807, 2.05) is 30.3 Å². The highest BCUT2D eigenvalue weighted by Crippen LogP contribution is 2.36. The van der Waals surface area contributed by atoms with E-state index in [9.17, 15) is 0 Å². The molecule has 142 valence electrons. The fraction of sp³-hybridized carbons (Fsp3) is 0. The number of benzene rings is 4. The lowest BCUT2D eigenvalue weighted by molar-refractivity contribution is 1.01. The van der Waals surface area contributed by atoms with E-state index < -0.39 is 0 Å². The van der Waals surface area contributed by atoms with Gasteiger partial charge in [-0.25, -0.2) is 9.97 Å². The van der Waals surface area contributed by atoms with Crippen LogP contribution in [0.5, 0.6) is 0 Å². The molecule has 0 fully saturated rings. The number of nitrogens with zero attached hydrogens (tertiary/aromatic N) is 3. The molecular weight excluding hydrogens is 434 g/mol. The van der Waals surface area contributed by atoms with Gasteiger partial charge in [-0.2, -0.15) is 0 Å². The lowest BCUT2D eigenvalue weighted by Crippen LogP contribution is -2.03. The Morgan fingerprint density at radius 3 is 2.17 bits per heavy atom. The third-order valence-corrected chi connectivity index (χ3v) is 6.15. The molecule has 30 heavy (non-hydrogen) atoms.